The van der Waals surface area contributed by atoms with Gasteiger partial charge in [-0.2, -0.15) is 0 Å². The number of anilines is 1. The van der Waals surface area contributed by atoms with Crippen molar-refractivity contribution in [2.75, 3.05) is 11.9 Å². The van der Waals surface area contributed by atoms with Crippen molar-refractivity contribution < 1.29 is 4.74 Å². The standard InChI is InChI=1S/C14H19NO/c1-2-6-11(5-1)16-14-9-3-8-13-12(14)7-4-10-15-13/h3,8-9,11,15H,1-2,4-7,10H2. The summed E-state index contributed by atoms with van der Waals surface area (Å²) in [4.78, 5) is 0. The van der Waals surface area contributed by atoms with Gasteiger partial charge in [-0.3, -0.25) is 0 Å². The molecule has 0 radical (unpaired) electrons. The third-order valence-electron chi connectivity index (χ3n) is 3.65. The molecule has 1 saturated carbocycles. The predicted octanol–water partition coefficient (Wildman–Crippen LogP) is 3.37. The molecule has 3 rings (SSSR count). The highest BCUT2D eigenvalue weighted by Gasteiger charge is 2.19. The molecule has 1 N–H and O–H groups in total. The van der Waals surface area contributed by atoms with Crippen molar-refractivity contribution in [1.29, 1.82) is 0 Å². The van der Waals surface area contributed by atoms with E-state index in [-0.39, 0.29) is 0 Å². The Bertz CT molecular complexity index is 369. The first-order valence-electron chi connectivity index (χ1n) is 6.46. The van der Waals surface area contributed by atoms with Crippen LogP contribution in [-0.2, 0) is 6.42 Å². The number of hydrogen-bond acceptors (Lipinski definition) is 2. The lowest BCUT2D eigenvalue weighted by molar-refractivity contribution is 0.208. The van der Waals surface area contributed by atoms with Gasteiger partial charge in [-0.25, -0.2) is 0 Å². The van der Waals surface area contributed by atoms with E-state index in [1.54, 1.807) is 0 Å². The van der Waals surface area contributed by atoms with Gasteiger partial charge in [0.1, 0.15) is 5.75 Å². The van der Waals surface area contributed by atoms with E-state index < -0.39 is 0 Å². The molecule has 0 aromatic heterocycles. The largest absolute Gasteiger partial charge is 0.490 e. The van der Waals surface area contributed by atoms with E-state index in [9.17, 15) is 0 Å². The van der Waals surface area contributed by atoms with Gasteiger partial charge >= 0.3 is 0 Å². The van der Waals surface area contributed by atoms with Crippen LogP contribution < -0.4 is 10.1 Å². The van der Waals surface area contributed by atoms with Crippen LogP contribution in [-0.4, -0.2) is 12.6 Å². The van der Waals surface area contributed by atoms with Crippen molar-refractivity contribution in [2.24, 2.45) is 0 Å². The van der Waals surface area contributed by atoms with Crippen molar-refractivity contribution in [3.63, 3.8) is 0 Å². The van der Waals surface area contributed by atoms with Crippen molar-refractivity contribution in [3.05, 3.63) is 23.8 Å². The highest BCUT2D eigenvalue weighted by atomic mass is 16.5. The molecule has 1 aromatic carbocycles. The van der Waals surface area contributed by atoms with Gasteiger partial charge in [-0.05, 0) is 50.7 Å². The second-order valence-electron chi connectivity index (χ2n) is 4.84. The van der Waals surface area contributed by atoms with Gasteiger partial charge in [-0.1, -0.05) is 6.07 Å². The third-order valence-corrected chi connectivity index (χ3v) is 3.65. The molecule has 1 aromatic rings. The van der Waals surface area contributed by atoms with Crippen LogP contribution in [0.4, 0.5) is 5.69 Å². The minimum Gasteiger partial charge on any atom is -0.490 e. The Labute approximate surface area is 97.0 Å². The van der Waals surface area contributed by atoms with Gasteiger partial charge in [0.05, 0.1) is 6.10 Å². The highest BCUT2D eigenvalue weighted by Crippen LogP contribution is 2.33. The Hall–Kier alpha value is -1.18. The number of ether oxygens (including phenoxy) is 1. The molecule has 0 atom stereocenters. The molecular formula is C14H19NO. The smallest absolute Gasteiger partial charge is 0.124 e. The molecule has 2 heteroatoms. The van der Waals surface area contributed by atoms with Gasteiger partial charge in [0, 0.05) is 17.8 Å². The average molecular weight is 217 g/mol. The zero-order valence-corrected chi connectivity index (χ0v) is 9.67. The maximum Gasteiger partial charge on any atom is 0.124 e. The molecule has 1 aliphatic carbocycles. The predicted molar refractivity (Wildman–Crippen MR) is 66.1 cm³/mol. The summed E-state index contributed by atoms with van der Waals surface area (Å²) in [6.07, 6.45) is 7.97. The molecular weight excluding hydrogens is 198 g/mol. The highest BCUT2D eigenvalue weighted by molar-refractivity contribution is 5.59. The van der Waals surface area contributed by atoms with Crippen LogP contribution >= 0.6 is 0 Å². The van der Waals surface area contributed by atoms with Crippen LogP contribution in [0, 0.1) is 0 Å². The number of fused-ring (bicyclic) bond motifs is 1. The number of hydrogen-bond donors (Lipinski definition) is 1. The average Bonchev–Trinajstić information content (AvgIpc) is 2.82. The Balaban J connectivity index is 1.82. The SMILES string of the molecule is c1cc2c(c(OC3CCCC3)c1)CCCN2. The first-order chi connectivity index (χ1) is 7.93. The second-order valence-corrected chi connectivity index (χ2v) is 4.84. The van der Waals surface area contributed by atoms with E-state index in [0.717, 1.165) is 18.7 Å². The quantitative estimate of drug-likeness (QED) is 0.820. The van der Waals surface area contributed by atoms with E-state index in [4.69, 9.17) is 4.74 Å². The first-order valence-corrected chi connectivity index (χ1v) is 6.46. The fourth-order valence-corrected chi connectivity index (χ4v) is 2.77. The minimum atomic E-state index is 0.466. The monoisotopic (exact) mass is 217 g/mol. The molecule has 2 nitrogen and oxygen atoms in total. The maximum absolute atomic E-state index is 6.13. The lowest BCUT2D eigenvalue weighted by atomic mass is 10.0. The van der Waals surface area contributed by atoms with E-state index >= 15 is 0 Å². The van der Waals surface area contributed by atoms with E-state index in [1.807, 2.05) is 0 Å². The van der Waals surface area contributed by atoms with Gasteiger partial charge in [0.15, 0.2) is 0 Å². The summed E-state index contributed by atoms with van der Waals surface area (Å²) < 4.78 is 6.13. The minimum absolute atomic E-state index is 0.466. The molecule has 0 bridgehead atoms. The van der Waals surface area contributed by atoms with Gasteiger partial charge in [0.2, 0.25) is 0 Å². The van der Waals surface area contributed by atoms with Crippen LogP contribution in [0.1, 0.15) is 37.7 Å². The van der Waals surface area contributed by atoms with Crippen LogP contribution in [0.15, 0.2) is 18.2 Å². The summed E-state index contributed by atoms with van der Waals surface area (Å²) in [7, 11) is 0. The molecule has 0 unspecified atom stereocenters. The van der Waals surface area contributed by atoms with Crippen molar-refractivity contribution in [3.8, 4) is 5.75 Å². The van der Waals surface area contributed by atoms with E-state index in [1.165, 1.54) is 43.4 Å². The summed E-state index contributed by atoms with van der Waals surface area (Å²) in [5.41, 5.74) is 2.67. The van der Waals surface area contributed by atoms with Crippen molar-refractivity contribution in [1.82, 2.24) is 0 Å². The zero-order valence-electron chi connectivity index (χ0n) is 9.67. The molecule has 2 aliphatic rings. The molecule has 16 heavy (non-hydrogen) atoms. The first kappa shape index (κ1) is 10.0. The van der Waals surface area contributed by atoms with Crippen LogP contribution in [0.2, 0.25) is 0 Å². The summed E-state index contributed by atoms with van der Waals surface area (Å²) in [5, 5.41) is 3.45. The number of benzene rings is 1. The van der Waals surface area contributed by atoms with E-state index in [2.05, 4.69) is 23.5 Å². The molecule has 86 valence electrons. The molecule has 0 amide bonds. The Kier molecular flexibility index (Phi) is 2.73. The molecule has 0 spiro atoms. The Morgan fingerprint density at radius 2 is 2.00 bits per heavy atom. The number of nitrogens with one attached hydrogen (secondary N) is 1. The summed E-state index contributed by atoms with van der Waals surface area (Å²) in [6.45, 7) is 1.10. The molecule has 1 fully saturated rings. The van der Waals surface area contributed by atoms with Gasteiger partial charge in [-0.15, -0.1) is 0 Å². The fraction of sp³-hybridized carbons (Fsp3) is 0.571. The summed E-state index contributed by atoms with van der Waals surface area (Å²) in [6, 6.07) is 6.39. The van der Waals surface area contributed by atoms with Gasteiger partial charge < -0.3 is 10.1 Å². The summed E-state index contributed by atoms with van der Waals surface area (Å²) >= 11 is 0. The van der Waals surface area contributed by atoms with Crippen LogP contribution in [0.25, 0.3) is 0 Å². The lowest BCUT2D eigenvalue weighted by Gasteiger charge is -2.23. The zero-order chi connectivity index (χ0) is 10.8. The number of rotatable bonds is 2. The fourth-order valence-electron chi connectivity index (χ4n) is 2.77. The van der Waals surface area contributed by atoms with Crippen molar-refractivity contribution in [2.45, 2.75) is 44.6 Å². The van der Waals surface area contributed by atoms with Crippen molar-refractivity contribution >= 4 is 5.69 Å². The van der Waals surface area contributed by atoms with E-state index in [0.29, 0.717) is 6.10 Å². The normalized spacial score (nSPS) is 20.2. The second kappa shape index (κ2) is 4.36. The van der Waals surface area contributed by atoms with Gasteiger partial charge in [0.25, 0.3) is 0 Å². The topological polar surface area (TPSA) is 21.3 Å². The van der Waals surface area contributed by atoms with Crippen LogP contribution in [0.3, 0.4) is 0 Å². The molecule has 0 saturated heterocycles. The Morgan fingerprint density at radius 1 is 1.12 bits per heavy atom. The molecule has 1 heterocycles. The maximum atomic E-state index is 6.13. The summed E-state index contributed by atoms with van der Waals surface area (Å²) in [5.74, 6) is 1.12. The third kappa shape index (κ3) is 1.89. The molecule has 1 aliphatic heterocycles. The van der Waals surface area contributed by atoms with Crippen LogP contribution in [0.5, 0.6) is 5.75 Å². The lowest BCUT2D eigenvalue weighted by Crippen LogP contribution is -2.16. The Morgan fingerprint density at radius 3 is 2.88 bits per heavy atom.